The molecule has 0 aromatic carbocycles. The molecule has 0 bridgehead atoms. The van der Waals surface area contributed by atoms with Crippen molar-refractivity contribution in [3.05, 3.63) is 20.8 Å². The minimum atomic E-state index is -2.96. The van der Waals surface area contributed by atoms with E-state index < -0.39 is 9.84 Å². The van der Waals surface area contributed by atoms with E-state index in [2.05, 4.69) is 21.2 Å². The molecule has 3 nitrogen and oxygen atoms in total. The summed E-state index contributed by atoms with van der Waals surface area (Å²) in [5, 5.41) is 5.07. The lowest BCUT2D eigenvalue weighted by Crippen LogP contribution is -2.40. The molecule has 1 aromatic rings. The first-order valence-electron chi connectivity index (χ1n) is 6.24. The molecule has 2 atom stereocenters. The lowest BCUT2D eigenvalue weighted by Gasteiger charge is -2.30. The second-order valence-corrected chi connectivity index (χ2v) is 8.71. The van der Waals surface area contributed by atoms with Gasteiger partial charge in [-0.25, -0.2) is 8.42 Å². The van der Waals surface area contributed by atoms with Crippen molar-refractivity contribution in [3.8, 4) is 0 Å². The zero-order valence-electron chi connectivity index (χ0n) is 10.4. The number of rotatable bonds is 4. The summed E-state index contributed by atoms with van der Waals surface area (Å²) in [4.78, 5) is 1.10. The molecule has 1 fully saturated rings. The number of nitrogens with one attached hydrogen (secondary N) is 1. The molecular formula is C12H18BrNO2S2. The maximum absolute atomic E-state index is 12.3. The summed E-state index contributed by atoms with van der Waals surface area (Å²) in [6.07, 6.45) is 2.59. The average Bonchev–Trinajstić information content (AvgIpc) is 2.72. The van der Waals surface area contributed by atoms with Crippen LogP contribution in [0.25, 0.3) is 0 Å². The first-order chi connectivity index (χ1) is 8.56. The quantitative estimate of drug-likeness (QED) is 0.906. The highest BCUT2D eigenvalue weighted by atomic mass is 79.9. The summed E-state index contributed by atoms with van der Waals surface area (Å²) in [6.45, 7) is 2.80. The predicted molar refractivity (Wildman–Crippen MR) is 79.9 cm³/mol. The van der Waals surface area contributed by atoms with Crippen LogP contribution in [0, 0.1) is 0 Å². The van der Waals surface area contributed by atoms with Crippen molar-refractivity contribution in [2.75, 3.05) is 12.3 Å². The highest BCUT2D eigenvalue weighted by Crippen LogP contribution is 2.36. The summed E-state index contributed by atoms with van der Waals surface area (Å²) in [7, 11) is -2.96. The van der Waals surface area contributed by atoms with Crippen LogP contribution < -0.4 is 5.32 Å². The molecular weight excluding hydrogens is 334 g/mol. The Hall–Kier alpha value is 0.0900. The van der Waals surface area contributed by atoms with E-state index in [1.165, 1.54) is 0 Å². The molecule has 18 heavy (non-hydrogen) atoms. The van der Waals surface area contributed by atoms with Crippen LogP contribution in [0.3, 0.4) is 0 Å². The predicted octanol–water partition coefficient (Wildman–Crippen LogP) is 3.13. The van der Waals surface area contributed by atoms with E-state index in [1.807, 2.05) is 18.4 Å². The lowest BCUT2D eigenvalue weighted by atomic mass is 10.1. The molecule has 1 aliphatic heterocycles. The molecule has 2 rings (SSSR count). The third kappa shape index (κ3) is 2.98. The molecule has 2 heterocycles. The SMILES string of the molecule is CCNC(c1sccc1Br)C1CCCCS1(=O)=O. The van der Waals surface area contributed by atoms with E-state index >= 15 is 0 Å². The fraction of sp³-hybridized carbons (Fsp3) is 0.667. The lowest BCUT2D eigenvalue weighted by molar-refractivity contribution is 0.457. The average molecular weight is 352 g/mol. The zero-order valence-corrected chi connectivity index (χ0v) is 13.6. The Bertz CT molecular complexity index is 498. The summed E-state index contributed by atoms with van der Waals surface area (Å²) in [5.41, 5.74) is 0. The standard InChI is InChI=1S/C12H18BrNO2S2/c1-2-14-11(12-9(13)6-7-17-12)10-5-3-4-8-18(10,15)16/h6-7,10-11,14H,2-5,8H2,1H3. The van der Waals surface area contributed by atoms with Crippen molar-refractivity contribution >= 4 is 37.1 Å². The van der Waals surface area contributed by atoms with Gasteiger partial charge in [0.25, 0.3) is 0 Å². The van der Waals surface area contributed by atoms with Crippen molar-refractivity contribution < 1.29 is 8.42 Å². The molecule has 1 N–H and O–H groups in total. The van der Waals surface area contributed by atoms with E-state index in [0.717, 1.165) is 35.2 Å². The van der Waals surface area contributed by atoms with Crippen LogP contribution in [0.15, 0.2) is 15.9 Å². The second-order valence-electron chi connectivity index (χ2n) is 4.57. The van der Waals surface area contributed by atoms with Gasteiger partial charge in [0, 0.05) is 9.35 Å². The fourth-order valence-corrected chi connectivity index (χ4v) is 6.42. The third-order valence-corrected chi connectivity index (χ3v) is 7.59. The Morgan fingerprint density at radius 1 is 1.56 bits per heavy atom. The first kappa shape index (κ1) is 14.5. The molecule has 6 heteroatoms. The van der Waals surface area contributed by atoms with E-state index in [4.69, 9.17) is 0 Å². The Kier molecular flexibility index (Phi) is 4.86. The Labute approximate surface area is 121 Å². The van der Waals surface area contributed by atoms with E-state index in [0.29, 0.717) is 5.75 Å². The molecule has 102 valence electrons. The van der Waals surface area contributed by atoms with Gasteiger partial charge in [0.15, 0.2) is 9.84 Å². The Morgan fingerprint density at radius 3 is 2.89 bits per heavy atom. The molecule has 0 amide bonds. The monoisotopic (exact) mass is 351 g/mol. The van der Waals surface area contributed by atoms with Crippen LogP contribution in [-0.4, -0.2) is 26.0 Å². The van der Waals surface area contributed by atoms with Crippen LogP contribution in [0.5, 0.6) is 0 Å². The topological polar surface area (TPSA) is 46.2 Å². The number of sulfone groups is 1. The van der Waals surface area contributed by atoms with Gasteiger partial charge >= 0.3 is 0 Å². The number of thiophene rings is 1. The van der Waals surface area contributed by atoms with Gasteiger partial charge in [-0.2, -0.15) is 0 Å². The van der Waals surface area contributed by atoms with Gasteiger partial charge in [-0.3, -0.25) is 0 Å². The van der Waals surface area contributed by atoms with Gasteiger partial charge in [0.2, 0.25) is 0 Å². The normalized spacial score (nSPS) is 24.9. The summed E-state index contributed by atoms with van der Waals surface area (Å²) >= 11 is 5.13. The highest BCUT2D eigenvalue weighted by Gasteiger charge is 2.37. The van der Waals surface area contributed by atoms with Gasteiger partial charge < -0.3 is 5.32 Å². The smallest absolute Gasteiger partial charge is 0.155 e. The van der Waals surface area contributed by atoms with Crippen molar-refractivity contribution in [1.82, 2.24) is 5.32 Å². The third-order valence-electron chi connectivity index (χ3n) is 3.35. The van der Waals surface area contributed by atoms with Gasteiger partial charge in [0.1, 0.15) is 0 Å². The largest absolute Gasteiger partial charge is 0.308 e. The van der Waals surface area contributed by atoms with E-state index in [9.17, 15) is 8.42 Å². The van der Waals surface area contributed by atoms with Crippen LogP contribution in [-0.2, 0) is 9.84 Å². The molecule has 0 radical (unpaired) electrons. The van der Waals surface area contributed by atoms with Gasteiger partial charge in [-0.05, 0) is 46.8 Å². The molecule has 0 spiro atoms. The van der Waals surface area contributed by atoms with Crippen molar-refractivity contribution in [2.24, 2.45) is 0 Å². The Balaban J connectivity index is 2.33. The molecule has 1 saturated heterocycles. The van der Waals surface area contributed by atoms with Gasteiger partial charge in [-0.15, -0.1) is 11.3 Å². The summed E-state index contributed by atoms with van der Waals surface area (Å²) in [5.74, 6) is 0.336. The minimum absolute atomic E-state index is 0.0744. The molecule has 0 aliphatic carbocycles. The molecule has 2 unspecified atom stereocenters. The van der Waals surface area contributed by atoms with Gasteiger partial charge in [-0.1, -0.05) is 13.3 Å². The summed E-state index contributed by atoms with van der Waals surface area (Å²) < 4.78 is 25.5. The molecule has 0 saturated carbocycles. The first-order valence-corrected chi connectivity index (χ1v) is 9.63. The van der Waals surface area contributed by atoms with Crippen molar-refractivity contribution in [2.45, 2.75) is 37.5 Å². The maximum Gasteiger partial charge on any atom is 0.155 e. The summed E-state index contributed by atoms with van der Waals surface area (Å²) in [6, 6.07) is 1.91. The zero-order chi connectivity index (χ0) is 13.2. The fourth-order valence-electron chi connectivity index (χ4n) is 2.49. The minimum Gasteiger partial charge on any atom is -0.308 e. The molecule has 1 aromatic heterocycles. The maximum atomic E-state index is 12.3. The highest BCUT2D eigenvalue weighted by molar-refractivity contribution is 9.10. The van der Waals surface area contributed by atoms with Crippen LogP contribution in [0.1, 0.15) is 37.1 Å². The van der Waals surface area contributed by atoms with E-state index in [1.54, 1.807) is 11.3 Å². The Morgan fingerprint density at radius 2 is 2.33 bits per heavy atom. The number of hydrogen-bond donors (Lipinski definition) is 1. The van der Waals surface area contributed by atoms with Crippen LogP contribution in [0.2, 0.25) is 0 Å². The van der Waals surface area contributed by atoms with Crippen LogP contribution >= 0.6 is 27.3 Å². The van der Waals surface area contributed by atoms with Crippen molar-refractivity contribution in [1.29, 1.82) is 0 Å². The van der Waals surface area contributed by atoms with E-state index in [-0.39, 0.29) is 11.3 Å². The number of hydrogen-bond acceptors (Lipinski definition) is 4. The second kappa shape index (κ2) is 6.03. The van der Waals surface area contributed by atoms with Gasteiger partial charge in [0.05, 0.1) is 17.0 Å². The van der Waals surface area contributed by atoms with Crippen molar-refractivity contribution in [3.63, 3.8) is 0 Å². The number of halogens is 1. The molecule has 1 aliphatic rings. The van der Waals surface area contributed by atoms with Crippen LogP contribution in [0.4, 0.5) is 0 Å².